The van der Waals surface area contributed by atoms with E-state index in [1.807, 2.05) is 30.3 Å². The van der Waals surface area contributed by atoms with Crippen LogP contribution < -0.4 is 0 Å². The van der Waals surface area contributed by atoms with E-state index in [0.29, 0.717) is 23.1 Å². The fourth-order valence-corrected chi connectivity index (χ4v) is 4.70. The van der Waals surface area contributed by atoms with Crippen LogP contribution in [-0.2, 0) is 16.3 Å². The predicted octanol–water partition coefficient (Wildman–Crippen LogP) is 4.89. The normalized spacial score (nSPS) is 11.4. The van der Waals surface area contributed by atoms with Crippen molar-refractivity contribution in [2.75, 3.05) is 0 Å². The average Bonchev–Trinajstić information content (AvgIpc) is 2.81. The predicted molar refractivity (Wildman–Crippen MR) is 118 cm³/mol. The van der Waals surface area contributed by atoms with Gasteiger partial charge < -0.3 is 15.3 Å². The first-order chi connectivity index (χ1) is 14.9. The summed E-state index contributed by atoms with van der Waals surface area (Å²) < 4.78 is 25.6. The molecule has 3 N–H and O–H groups in total. The molecule has 0 aromatic heterocycles. The van der Waals surface area contributed by atoms with Crippen molar-refractivity contribution in [2.24, 2.45) is 0 Å². The molecule has 0 saturated heterocycles. The van der Waals surface area contributed by atoms with Crippen molar-refractivity contribution in [3.63, 3.8) is 0 Å². The van der Waals surface area contributed by atoms with Gasteiger partial charge in [0.1, 0.15) is 0 Å². The van der Waals surface area contributed by atoms with E-state index < -0.39 is 21.3 Å². The van der Waals surface area contributed by atoms with Gasteiger partial charge in [0.2, 0.25) is 15.6 Å². The summed E-state index contributed by atoms with van der Waals surface area (Å²) in [5, 5.41) is 30.9. The standard InChI is InChI=1S/C25H20O5S/c26-23-19(15-17-7-3-1-4-8-17)16-22(24(27)25(23)28)18-11-13-21(14-12-18)31(29,30)20-9-5-2-6-10-20/h1-14,16,26-28H,15H2. The van der Waals surface area contributed by atoms with Gasteiger partial charge in [-0.1, -0.05) is 60.7 Å². The van der Waals surface area contributed by atoms with Gasteiger partial charge in [-0.25, -0.2) is 8.42 Å². The van der Waals surface area contributed by atoms with Gasteiger partial charge in [-0.2, -0.15) is 0 Å². The van der Waals surface area contributed by atoms with Crippen LogP contribution >= 0.6 is 0 Å². The minimum absolute atomic E-state index is 0.120. The Labute approximate surface area is 180 Å². The lowest BCUT2D eigenvalue weighted by molar-refractivity contribution is 0.366. The highest BCUT2D eigenvalue weighted by atomic mass is 32.2. The summed E-state index contributed by atoms with van der Waals surface area (Å²) in [5.74, 6) is -1.45. The molecule has 0 unspecified atom stereocenters. The lowest BCUT2D eigenvalue weighted by atomic mass is 9.96. The van der Waals surface area contributed by atoms with Gasteiger partial charge in [-0.15, -0.1) is 0 Å². The number of phenolic OH excluding ortho intramolecular Hbond substituents is 3. The molecule has 4 aromatic carbocycles. The highest BCUT2D eigenvalue weighted by Crippen LogP contribution is 2.45. The third kappa shape index (κ3) is 3.98. The van der Waals surface area contributed by atoms with E-state index in [1.165, 1.54) is 24.3 Å². The SMILES string of the molecule is O=S(=O)(c1ccccc1)c1ccc(-c2cc(Cc3ccccc3)c(O)c(O)c2O)cc1. The monoisotopic (exact) mass is 432 g/mol. The zero-order valence-electron chi connectivity index (χ0n) is 16.4. The van der Waals surface area contributed by atoms with Crippen LogP contribution in [0.5, 0.6) is 17.2 Å². The highest BCUT2D eigenvalue weighted by molar-refractivity contribution is 7.91. The van der Waals surface area contributed by atoms with Gasteiger partial charge in [0.05, 0.1) is 9.79 Å². The van der Waals surface area contributed by atoms with Crippen molar-refractivity contribution in [3.8, 4) is 28.4 Å². The zero-order valence-corrected chi connectivity index (χ0v) is 17.3. The molecule has 0 bridgehead atoms. The van der Waals surface area contributed by atoms with E-state index in [1.54, 1.807) is 36.4 Å². The first kappa shape index (κ1) is 20.5. The van der Waals surface area contributed by atoms with E-state index in [2.05, 4.69) is 0 Å². The summed E-state index contributed by atoms with van der Waals surface area (Å²) in [6.07, 6.45) is 0.355. The smallest absolute Gasteiger partial charge is 0.206 e. The largest absolute Gasteiger partial charge is 0.504 e. The van der Waals surface area contributed by atoms with Crippen molar-refractivity contribution in [3.05, 3.63) is 102 Å². The lowest BCUT2D eigenvalue weighted by Gasteiger charge is -2.13. The minimum atomic E-state index is -3.66. The Bertz CT molecular complexity index is 1310. The number of benzene rings is 4. The number of hydrogen-bond acceptors (Lipinski definition) is 5. The summed E-state index contributed by atoms with van der Waals surface area (Å²) in [5.41, 5.74) is 2.18. The molecular formula is C25H20O5S. The molecule has 0 aliphatic rings. The molecule has 0 radical (unpaired) electrons. The van der Waals surface area contributed by atoms with Crippen LogP contribution in [0.1, 0.15) is 11.1 Å². The van der Waals surface area contributed by atoms with Gasteiger partial charge in [0.25, 0.3) is 0 Å². The molecule has 0 heterocycles. The molecule has 0 saturated carbocycles. The third-order valence-corrected chi connectivity index (χ3v) is 6.88. The first-order valence-electron chi connectivity index (χ1n) is 9.59. The van der Waals surface area contributed by atoms with Crippen LogP contribution in [0.4, 0.5) is 0 Å². The topological polar surface area (TPSA) is 94.8 Å². The second kappa shape index (κ2) is 8.16. The maximum Gasteiger partial charge on any atom is 0.206 e. The molecule has 5 nitrogen and oxygen atoms in total. The maximum atomic E-state index is 12.8. The van der Waals surface area contributed by atoms with E-state index in [4.69, 9.17) is 0 Å². The van der Waals surface area contributed by atoms with Crippen LogP contribution in [-0.4, -0.2) is 23.7 Å². The van der Waals surface area contributed by atoms with E-state index in [0.717, 1.165) is 5.56 Å². The molecule has 156 valence electrons. The minimum Gasteiger partial charge on any atom is -0.504 e. The molecule has 4 rings (SSSR count). The molecule has 0 atom stereocenters. The van der Waals surface area contributed by atoms with Crippen LogP contribution in [0.2, 0.25) is 0 Å². The Kier molecular flexibility index (Phi) is 5.40. The second-order valence-electron chi connectivity index (χ2n) is 7.13. The number of hydrogen-bond donors (Lipinski definition) is 3. The van der Waals surface area contributed by atoms with Crippen LogP contribution in [0, 0.1) is 0 Å². The van der Waals surface area contributed by atoms with Crippen molar-refractivity contribution >= 4 is 9.84 Å². The van der Waals surface area contributed by atoms with E-state index in [9.17, 15) is 23.7 Å². The molecule has 6 heteroatoms. The molecule has 0 aliphatic heterocycles. The van der Waals surface area contributed by atoms with Crippen LogP contribution in [0.25, 0.3) is 11.1 Å². The molecule has 0 amide bonds. The summed E-state index contributed by atoms with van der Waals surface area (Å²) in [6.45, 7) is 0. The number of aromatic hydroxyl groups is 3. The summed E-state index contributed by atoms with van der Waals surface area (Å²) in [7, 11) is -3.66. The fourth-order valence-electron chi connectivity index (χ4n) is 3.42. The maximum absolute atomic E-state index is 12.8. The number of rotatable bonds is 5. The van der Waals surface area contributed by atoms with E-state index >= 15 is 0 Å². The molecule has 0 fully saturated rings. The number of sulfone groups is 1. The summed E-state index contributed by atoms with van der Waals surface area (Å²) in [4.78, 5) is 0.312. The average molecular weight is 432 g/mol. The van der Waals surface area contributed by atoms with Gasteiger partial charge in [-0.3, -0.25) is 0 Å². The van der Waals surface area contributed by atoms with Crippen molar-refractivity contribution in [1.29, 1.82) is 0 Å². The second-order valence-corrected chi connectivity index (χ2v) is 9.08. The molecule has 4 aromatic rings. The lowest BCUT2D eigenvalue weighted by Crippen LogP contribution is -2.01. The van der Waals surface area contributed by atoms with Crippen LogP contribution in [0.15, 0.2) is 101 Å². The van der Waals surface area contributed by atoms with Gasteiger partial charge in [-0.05, 0) is 41.5 Å². The zero-order chi connectivity index (χ0) is 22.0. The van der Waals surface area contributed by atoms with Gasteiger partial charge in [0, 0.05) is 17.5 Å². The number of phenols is 3. The molecule has 0 spiro atoms. The van der Waals surface area contributed by atoms with E-state index in [-0.39, 0.29) is 15.5 Å². The molecule has 0 aliphatic carbocycles. The quantitative estimate of drug-likeness (QED) is 0.390. The Morgan fingerprint density at radius 1 is 0.613 bits per heavy atom. The molecular weight excluding hydrogens is 412 g/mol. The highest BCUT2D eigenvalue weighted by Gasteiger charge is 2.20. The Morgan fingerprint density at radius 3 is 1.77 bits per heavy atom. The van der Waals surface area contributed by atoms with Crippen molar-refractivity contribution in [1.82, 2.24) is 0 Å². The summed E-state index contributed by atoms with van der Waals surface area (Å²) in [6, 6.07) is 25.2. The van der Waals surface area contributed by atoms with Gasteiger partial charge >= 0.3 is 0 Å². The fraction of sp³-hybridized carbons (Fsp3) is 0.0400. The van der Waals surface area contributed by atoms with Crippen molar-refractivity contribution in [2.45, 2.75) is 16.2 Å². The summed E-state index contributed by atoms with van der Waals surface area (Å²) >= 11 is 0. The van der Waals surface area contributed by atoms with Crippen LogP contribution in [0.3, 0.4) is 0 Å². The Balaban J connectivity index is 1.73. The Hall–Kier alpha value is -3.77. The van der Waals surface area contributed by atoms with Gasteiger partial charge in [0.15, 0.2) is 11.5 Å². The Morgan fingerprint density at radius 2 is 1.16 bits per heavy atom. The van der Waals surface area contributed by atoms with Crippen molar-refractivity contribution < 1.29 is 23.7 Å². The first-order valence-corrected chi connectivity index (χ1v) is 11.1. The third-order valence-electron chi connectivity index (χ3n) is 5.09. The molecule has 31 heavy (non-hydrogen) atoms.